The van der Waals surface area contributed by atoms with Crippen LogP contribution < -0.4 is 5.32 Å². The van der Waals surface area contributed by atoms with Crippen LogP contribution in [0.5, 0.6) is 0 Å². The molecule has 0 aliphatic heterocycles. The number of para-hydroxylation sites is 1. The summed E-state index contributed by atoms with van der Waals surface area (Å²) in [5.41, 5.74) is 0.0580. The third-order valence-corrected chi connectivity index (χ3v) is 4.08. The first-order valence-corrected chi connectivity index (χ1v) is 8.17. The summed E-state index contributed by atoms with van der Waals surface area (Å²) in [4.78, 5) is 38.1. The van der Waals surface area contributed by atoms with E-state index >= 15 is 0 Å². The number of nitrogens with zero attached hydrogens (tertiary/aromatic N) is 2. The molecule has 9 heteroatoms. The lowest BCUT2D eigenvalue weighted by molar-refractivity contribution is -0.387. The number of pyridine rings is 1. The van der Waals surface area contributed by atoms with Gasteiger partial charge in [-0.15, -0.1) is 0 Å². The van der Waals surface area contributed by atoms with Gasteiger partial charge >= 0.3 is 11.7 Å². The number of nitro benzene ring substituents is 1. The summed E-state index contributed by atoms with van der Waals surface area (Å²) in [6.45, 7) is 0. The molecule has 1 atom stereocenters. The molecule has 3 aromatic rings. The van der Waals surface area contributed by atoms with Gasteiger partial charge in [0.2, 0.25) is 5.82 Å². The van der Waals surface area contributed by atoms with E-state index in [4.69, 9.17) is 0 Å². The molecule has 1 heterocycles. The van der Waals surface area contributed by atoms with E-state index in [9.17, 15) is 29.2 Å². The molecule has 3 rings (SSSR count). The number of hydrogen-bond donors (Lipinski definition) is 2. The Morgan fingerprint density at radius 3 is 2.64 bits per heavy atom. The van der Waals surface area contributed by atoms with E-state index in [0.717, 1.165) is 17.5 Å². The van der Waals surface area contributed by atoms with Crippen LogP contribution >= 0.6 is 0 Å². The van der Waals surface area contributed by atoms with Crippen LogP contribution in [-0.4, -0.2) is 32.9 Å². The summed E-state index contributed by atoms with van der Waals surface area (Å²) in [5.74, 6) is -3.05. The third-order valence-electron chi connectivity index (χ3n) is 4.08. The Labute approximate surface area is 157 Å². The Morgan fingerprint density at radius 1 is 1.18 bits per heavy atom. The second kappa shape index (κ2) is 7.78. The lowest BCUT2D eigenvalue weighted by Gasteiger charge is -2.14. The van der Waals surface area contributed by atoms with E-state index in [1.165, 1.54) is 12.1 Å². The number of carboxylic acid groups (broad SMARTS) is 1. The fourth-order valence-electron chi connectivity index (χ4n) is 2.69. The molecule has 0 fully saturated rings. The topological polar surface area (TPSA) is 122 Å². The molecule has 0 aliphatic rings. The average Bonchev–Trinajstić information content (AvgIpc) is 2.68. The number of hydrogen-bond acceptors (Lipinski definition) is 5. The number of aromatic nitrogens is 1. The number of halogens is 1. The predicted octanol–water partition coefficient (Wildman–Crippen LogP) is 2.71. The molecule has 0 spiro atoms. The van der Waals surface area contributed by atoms with E-state index in [0.29, 0.717) is 5.52 Å². The Hall–Kier alpha value is -3.88. The van der Waals surface area contributed by atoms with E-state index in [1.54, 1.807) is 18.2 Å². The molecule has 1 amide bonds. The van der Waals surface area contributed by atoms with Crippen molar-refractivity contribution in [1.29, 1.82) is 0 Å². The number of aliphatic carboxylic acids is 1. The van der Waals surface area contributed by atoms with E-state index in [2.05, 4.69) is 10.3 Å². The van der Waals surface area contributed by atoms with Gasteiger partial charge < -0.3 is 10.4 Å². The van der Waals surface area contributed by atoms with E-state index in [1.807, 2.05) is 12.1 Å². The molecule has 0 unspecified atom stereocenters. The van der Waals surface area contributed by atoms with E-state index in [-0.39, 0.29) is 17.7 Å². The molecule has 2 aromatic carbocycles. The first-order chi connectivity index (χ1) is 13.3. The molecule has 142 valence electrons. The van der Waals surface area contributed by atoms with Gasteiger partial charge in [0.1, 0.15) is 11.7 Å². The number of rotatable bonds is 6. The van der Waals surface area contributed by atoms with Gasteiger partial charge in [0, 0.05) is 17.9 Å². The monoisotopic (exact) mass is 383 g/mol. The van der Waals surface area contributed by atoms with Gasteiger partial charge in [0.05, 0.1) is 10.4 Å². The maximum atomic E-state index is 13.4. The Morgan fingerprint density at radius 2 is 1.93 bits per heavy atom. The summed E-state index contributed by atoms with van der Waals surface area (Å²) >= 11 is 0. The molecular formula is C19H14FN3O5. The van der Waals surface area contributed by atoms with Gasteiger partial charge in [-0.2, -0.15) is 4.39 Å². The van der Waals surface area contributed by atoms with Gasteiger partial charge in [-0.25, -0.2) is 9.78 Å². The summed E-state index contributed by atoms with van der Waals surface area (Å²) in [6.07, 6.45) is -0.254. The van der Waals surface area contributed by atoms with Crippen LogP contribution in [0.3, 0.4) is 0 Å². The minimum Gasteiger partial charge on any atom is -0.480 e. The molecule has 0 radical (unpaired) electrons. The van der Waals surface area contributed by atoms with E-state index < -0.39 is 34.3 Å². The number of benzene rings is 2. The van der Waals surface area contributed by atoms with Crippen LogP contribution in [0.25, 0.3) is 10.9 Å². The number of carbonyl (C=O) groups is 2. The highest BCUT2D eigenvalue weighted by molar-refractivity contribution is 5.97. The SMILES string of the molecule is O=C(N[C@H](Cc1ccc(F)c([N+](=O)[O-])c1)C(=O)O)c1ccc2ccccc2n1. The van der Waals surface area contributed by atoms with Crippen molar-refractivity contribution in [2.75, 3.05) is 0 Å². The summed E-state index contributed by atoms with van der Waals surface area (Å²) in [7, 11) is 0. The van der Waals surface area contributed by atoms with Gasteiger partial charge in [-0.05, 0) is 23.8 Å². The Kier molecular flexibility index (Phi) is 5.25. The molecule has 0 saturated heterocycles. The fraction of sp³-hybridized carbons (Fsp3) is 0.105. The van der Waals surface area contributed by atoms with Gasteiger partial charge in [-0.1, -0.05) is 30.3 Å². The average molecular weight is 383 g/mol. The fourth-order valence-corrected chi connectivity index (χ4v) is 2.69. The highest BCUT2D eigenvalue weighted by Crippen LogP contribution is 2.19. The molecule has 2 N–H and O–H groups in total. The highest BCUT2D eigenvalue weighted by atomic mass is 19.1. The van der Waals surface area contributed by atoms with Gasteiger partial charge in [-0.3, -0.25) is 14.9 Å². The standard InChI is InChI=1S/C19H14FN3O5/c20-13-7-5-11(10-17(13)23(27)28)9-16(19(25)26)22-18(24)15-8-6-12-3-1-2-4-14(12)21-15/h1-8,10,16H,9H2,(H,22,24)(H,25,26)/t16-/m1/s1. The number of carboxylic acids is 1. The first kappa shape index (κ1) is 18.9. The van der Waals surface area contributed by atoms with Crippen LogP contribution in [0.1, 0.15) is 16.1 Å². The van der Waals surface area contributed by atoms with Crippen molar-refractivity contribution in [3.63, 3.8) is 0 Å². The number of carbonyl (C=O) groups excluding carboxylic acids is 1. The quantitative estimate of drug-likeness (QED) is 0.498. The normalized spacial score (nSPS) is 11.8. The number of fused-ring (bicyclic) bond motifs is 1. The smallest absolute Gasteiger partial charge is 0.326 e. The largest absolute Gasteiger partial charge is 0.480 e. The number of nitro groups is 1. The van der Waals surface area contributed by atoms with Crippen LogP contribution in [0.2, 0.25) is 0 Å². The lowest BCUT2D eigenvalue weighted by atomic mass is 10.0. The lowest BCUT2D eigenvalue weighted by Crippen LogP contribution is -2.42. The van der Waals surface area contributed by atoms with Gasteiger partial charge in [0.25, 0.3) is 5.91 Å². The summed E-state index contributed by atoms with van der Waals surface area (Å²) in [6, 6.07) is 12.0. The van der Waals surface area contributed by atoms with Crippen molar-refractivity contribution >= 4 is 28.5 Å². The van der Waals surface area contributed by atoms with Crippen LogP contribution in [0, 0.1) is 15.9 Å². The second-order valence-corrected chi connectivity index (χ2v) is 6.00. The summed E-state index contributed by atoms with van der Waals surface area (Å²) < 4.78 is 13.4. The third kappa shape index (κ3) is 4.09. The molecule has 0 bridgehead atoms. The Balaban J connectivity index is 1.80. The zero-order chi connectivity index (χ0) is 20.3. The van der Waals surface area contributed by atoms with Crippen molar-refractivity contribution in [2.45, 2.75) is 12.5 Å². The number of nitrogens with one attached hydrogen (secondary N) is 1. The van der Waals surface area contributed by atoms with Gasteiger partial charge in [0.15, 0.2) is 0 Å². The summed E-state index contributed by atoms with van der Waals surface area (Å²) in [5, 5.41) is 23.4. The minimum atomic E-state index is -1.37. The van der Waals surface area contributed by atoms with Crippen LogP contribution in [0.15, 0.2) is 54.6 Å². The zero-order valence-electron chi connectivity index (χ0n) is 14.3. The maximum Gasteiger partial charge on any atom is 0.326 e. The first-order valence-electron chi connectivity index (χ1n) is 8.17. The predicted molar refractivity (Wildman–Crippen MR) is 97.4 cm³/mol. The highest BCUT2D eigenvalue weighted by Gasteiger charge is 2.24. The second-order valence-electron chi connectivity index (χ2n) is 6.00. The zero-order valence-corrected chi connectivity index (χ0v) is 14.3. The molecule has 0 aliphatic carbocycles. The molecule has 0 saturated carbocycles. The molecule has 1 aromatic heterocycles. The van der Waals surface area contributed by atoms with Crippen molar-refractivity contribution in [2.24, 2.45) is 0 Å². The molecule has 8 nitrogen and oxygen atoms in total. The molecule has 28 heavy (non-hydrogen) atoms. The van der Waals surface area contributed by atoms with Crippen molar-refractivity contribution in [3.8, 4) is 0 Å². The van der Waals surface area contributed by atoms with Crippen molar-refractivity contribution in [3.05, 3.63) is 81.8 Å². The van der Waals surface area contributed by atoms with Crippen LogP contribution in [-0.2, 0) is 11.2 Å². The van der Waals surface area contributed by atoms with Crippen LogP contribution in [0.4, 0.5) is 10.1 Å². The molecular weight excluding hydrogens is 369 g/mol. The minimum absolute atomic E-state index is 0.0371. The Bertz CT molecular complexity index is 1090. The van der Waals surface area contributed by atoms with Crippen molar-refractivity contribution < 1.29 is 24.0 Å². The number of amides is 1. The van der Waals surface area contributed by atoms with Crippen molar-refractivity contribution in [1.82, 2.24) is 10.3 Å². The maximum absolute atomic E-state index is 13.4.